The highest BCUT2D eigenvalue weighted by Crippen LogP contribution is 2.48. The summed E-state index contributed by atoms with van der Waals surface area (Å²) >= 11 is 0. The molecular formula is C21H23NO4. The molecule has 0 saturated heterocycles. The third-order valence-corrected chi connectivity index (χ3v) is 4.82. The van der Waals surface area contributed by atoms with Crippen LogP contribution in [0, 0.1) is 12.8 Å². The molecule has 3 atom stereocenters. The highest BCUT2D eigenvalue weighted by atomic mass is 16.5. The number of hydrogen-bond acceptors (Lipinski definition) is 3. The molecule has 5 nitrogen and oxygen atoms in total. The van der Waals surface area contributed by atoms with E-state index in [4.69, 9.17) is 9.84 Å². The molecule has 0 bridgehead atoms. The first-order valence-corrected chi connectivity index (χ1v) is 8.76. The molecule has 26 heavy (non-hydrogen) atoms. The number of benzene rings is 2. The second kappa shape index (κ2) is 7.60. The summed E-state index contributed by atoms with van der Waals surface area (Å²) in [6, 6.07) is 15.2. The number of ether oxygens (including phenoxy) is 1. The molecule has 1 amide bonds. The number of carboxylic acids is 1. The molecule has 0 spiro atoms. The molecule has 1 saturated carbocycles. The molecule has 0 heterocycles. The van der Waals surface area contributed by atoms with E-state index < -0.39 is 5.97 Å². The van der Waals surface area contributed by atoms with E-state index in [2.05, 4.69) is 24.4 Å². The van der Waals surface area contributed by atoms with Gasteiger partial charge in [-0.1, -0.05) is 36.4 Å². The number of carboxylic acid groups (broad SMARTS) is 1. The summed E-state index contributed by atoms with van der Waals surface area (Å²) < 4.78 is 5.12. The molecule has 1 aliphatic carbocycles. The van der Waals surface area contributed by atoms with Crippen LogP contribution in [0.25, 0.3) is 0 Å². The fraction of sp³-hybridized carbons (Fsp3) is 0.333. The minimum absolute atomic E-state index is 0.0386. The Labute approximate surface area is 153 Å². The number of nitrogens with one attached hydrogen (secondary N) is 1. The molecule has 3 rings (SSSR count). The summed E-state index contributed by atoms with van der Waals surface area (Å²) in [5.41, 5.74) is 3.45. The Bertz CT molecular complexity index is 800. The Morgan fingerprint density at radius 2 is 1.88 bits per heavy atom. The van der Waals surface area contributed by atoms with Gasteiger partial charge in [0.1, 0.15) is 5.75 Å². The second-order valence-electron chi connectivity index (χ2n) is 6.79. The van der Waals surface area contributed by atoms with E-state index >= 15 is 0 Å². The van der Waals surface area contributed by atoms with Crippen LogP contribution in [0.3, 0.4) is 0 Å². The van der Waals surface area contributed by atoms with E-state index in [0.29, 0.717) is 11.7 Å². The largest absolute Gasteiger partial charge is 0.482 e. The van der Waals surface area contributed by atoms with Gasteiger partial charge in [-0.25, -0.2) is 4.79 Å². The van der Waals surface area contributed by atoms with Crippen molar-refractivity contribution in [3.63, 3.8) is 0 Å². The quantitative estimate of drug-likeness (QED) is 0.799. The second-order valence-corrected chi connectivity index (χ2v) is 6.79. The molecule has 1 fully saturated rings. The SMILES string of the molecule is Cc1ccccc1C1CC1C(=O)NC(C)c1ccc(OCC(=O)O)cc1. The minimum atomic E-state index is -1.01. The van der Waals surface area contributed by atoms with Crippen LogP contribution in [-0.2, 0) is 9.59 Å². The van der Waals surface area contributed by atoms with Crippen molar-refractivity contribution in [3.05, 3.63) is 65.2 Å². The molecule has 0 aliphatic heterocycles. The Morgan fingerprint density at radius 1 is 1.19 bits per heavy atom. The molecule has 2 aromatic rings. The maximum absolute atomic E-state index is 12.5. The number of aliphatic carboxylic acids is 1. The van der Waals surface area contributed by atoms with Crippen molar-refractivity contribution in [1.82, 2.24) is 5.32 Å². The zero-order valence-electron chi connectivity index (χ0n) is 14.9. The summed E-state index contributed by atoms with van der Waals surface area (Å²) in [5.74, 6) is -0.0808. The van der Waals surface area contributed by atoms with Gasteiger partial charge in [-0.2, -0.15) is 0 Å². The summed E-state index contributed by atoms with van der Waals surface area (Å²) in [5, 5.41) is 11.7. The van der Waals surface area contributed by atoms with E-state index in [1.165, 1.54) is 11.1 Å². The number of amides is 1. The summed E-state index contributed by atoms with van der Waals surface area (Å²) in [7, 11) is 0. The topological polar surface area (TPSA) is 75.6 Å². The van der Waals surface area contributed by atoms with Crippen molar-refractivity contribution in [2.75, 3.05) is 6.61 Å². The molecule has 2 N–H and O–H groups in total. The van der Waals surface area contributed by atoms with E-state index in [1.54, 1.807) is 12.1 Å². The van der Waals surface area contributed by atoms with Crippen LogP contribution in [0.15, 0.2) is 48.5 Å². The van der Waals surface area contributed by atoms with Gasteiger partial charge in [-0.15, -0.1) is 0 Å². The minimum Gasteiger partial charge on any atom is -0.482 e. The number of hydrogen-bond donors (Lipinski definition) is 2. The van der Waals surface area contributed by atoms with Crippen LogP contribution in [-0.4, -0.2) is 23.6 Å². The van der Waals surface area contributed by atoms with Crippen molar-refractivity contribution >= 4 is 11.9 Å². The molecule has 0 aromatic heterocycles. The Kier molecular flexibility index (Phi) is 5.26. The van der Waals surface area contributed by atoms with E-state index in [-0.39, 0.29) is 24.5 Å². The van der Waals surface area contributed by atoms with Gasteiger partial charge < -0.3 is 15.2 Å². The number of carbonyl (C=O) groups excluding carboxylic acids is 1. The van der Waals surface area contributed by atoms with Gasteiger partial charge in [0.05, 0.1) is 6.04 Å². The van der Waals surface area contributed by atoms with Gasteiger partial charge in [-0.3, -0.25) is 4.79 Å². The van der Waals surface area contributed by atoms with Gasteiger partial charge >= 0.3 is 5.97 Å². The summed E-state index contributed by atoms with van der Waals surface area (Å²) in [4.78, 5) is 23.0. The maximum atomic E-state index is 12.5. The van der Waals surface area contributed by atoms with E-state index in [1.807, 2.05) is 31.2 Å². The Morgan fingerprint density at radius 3 is 2.54 bits per heavy atom. The Balaban J connectivity index is 1.55. The van der Waals surface area contributed by atoms with Crippen molar-refractivity contribution in [2.45, 2.75) is 32.2 Å². The Hall–Kier alpha value is -2.82. The smallest absolute Gasteiger partial charge is 0.341 e. The van der Waals surface area contributed by atoms with Crippen LogP contribution >= 0.6 is 0 Å². The van der Waals surface area contributed by atoms with Gasteiger partial charge in [0.15, 0.2) is 6.61 Å². The lowest BCUT2D eigenvalue weighted by Gasteiger charge is -2.15. The predicted octanol–water partition coefficient (Wildman–Crippen LogP) is 3.44. The summed E-state index contributed by atoms with van der Waals surface area (Å²) in [6.07, 6.45) is 0.894. The van der Waals surface area contributed by atoms with Crippen molar-refractivity contribution in [1.29, 1.82) is 0 Å². The lowest BCUT2D eigenvalue weighted by Crippen LogP contribution is -2.28. The normalized spacial score (nSPS) is 19.5. The first kappa shape index (κ1) is 18.0. The van der Waals surface area contributed by atoms with E-state index in [9.17, 15) is 9.59 Å². The number of aryl methyl sites for hydroxylation is 1. The lowest BCUT2D eigenvalue weighted by atomic mass is 10.0. The highest BCUT2D eigenvalue weighted by molar-refractivity contribution is 5.83. The van der Waals surface area contributed by atoms with Gasteiger partial charge in [0.25, 0.3) is 0 Å². The molecule has 2 aromatic carbocycles. The van der Waals surface area contributed by atoms with Crippen molar-refractivity contribution in [2.24, 2.45) is 5.92 Å². The maximum Gasteiger partial charge on any atom is 0.341 e. The van der Waals surface area contributed by atoms with Gasteiger partial charge in [-0.05, 0) is 55.0 Å². The number of carbonyl (C=O) groups is 2. The molecule has 3 unspecified atom stereocenters. The molecular weight excluding hydrogens is 330 g/mol. The first-order valence-electron chi connectivity index (χ1n) is 8.76. The van der Waals surface area contributed by atoms with Crippen LogP contribution in [0.2, 0.25) is 0 Å². The molecule has 0 radical (unpaired) electrons. The predicted molar refractivity (Wildman–Crippen MR) is 98.2 cm³/mol. The van der Waals surface area contributed by atoms with Gasteiger partial charge in [0, 0.05) is 5.92 Å². The van der Waals surface area contributed by atoms with E-state index in [0.717, 1.165) is 12.0 Å². The van der Waals surface area contributed by atoms with Crippen LogP contribution in [0.5, 0.6) is 5.75 Å². The van der Waals surface area contributed by atoms with Crippen molar-refractivity contribution in [3.8, 4) is 5.75 Å². The third kappa shape index (κ3) is 4.23. The lowest BCUT2D eigenvalue weighted by molar-refractivity contribution is -0.139. The molecule has 136 valence electrons. The molecule has 1 aliphatic rings. The highest BCUT2D eigenvalue weighted by Gasteiger charge is 2.44. The fourth-order valence-corrected chi connectivity index (χ4v) is 3.23. The summed E-state index contributed by atoms with van der Waals surface area (Å²) in [6.45, 7) is 3.66. The van der Waals surface area contributed by atoms with Crippen molar-refractivity contribution < 1.29 is 19.4 Å². The fourth-order valence-electron chi connectivity index (χ4n) is 3.23. The zero-order valence-corrected chi connectivity index (χ0v) is 14.9. The first-order chi connectivity index (χ1) is 12.5. The van der Waals surface area contributed by atoms with Crippen LogP contribution < -0.4 is 10.1 Å². The molecule has 5 heteroatoms. The van der Waals surface area contributed by atoms with Crippen LogP contribution in [0.4, 0.5) is 0 Å². The third-order valence-electron chi connectivity index (χ3n) is 4.82. The monoisotopic (exact) mass is 353 g/mol. The number of rotatable bonds is 7. The average molecular weight is 353 g/mol. The van der Waals surface area contributed by atoms with Crippen LogP contribution in [0.1, 0.15) is 42.0 Å². The zero-order chi connectivity index (χ0) is 18.7. The standard InChI is InChI=1S/C21H23NO4/c1-13-5-3-4-6-17(13)18-11-19(18)21(25)22-14(2)15-7-9-16(10-8-15)26-12-20(23)24/h3-10,14,18-19H,11-12H2,1-2H3,(H,22,25)(H,23,24). The van der Waals surface area contributed by atoms with Gasteiger partial charge in [0.2, 0.25) is 5.91 Å². The average Bonchev–Trinajstić information content (AvgIpc) is 3.41.